The molecular weight excluding hydrogens is 332 g/mol. The van der Waals surface area contributed by atoms with Crippen LogP contribution in [0, 0.1) is 5.92 Å². The minimum Gasteiger partial charge on any atom is -0.452 e. The molecule has 1 aliphatic rings. The van der Waals surface area contributed by atoms with Gasteiger partial charge in [0.25, 0.3) is 0 Å². The molecule has 1 unspecified atom stereocenters. The van der Waals surface area contributed by atoms with Crippen molar-refractivity contribution in [2.45, 2.75) is 37.6 Å². The molecule has 0 radical (unpaired) electrons. The van der Waals surface area contributed by atoms with Gasteiger partial charge in [-0.15, -0.1) is 0 Å². The first-order valence-corrected chi connectivity index (χ1v) is 8.70. The van der Waals surface area contributed by atoms with Crippen molar-refractivity contribution in [3.05, 3.63) is 16.5 Å². The number of rotatable bonds is 5. The maximum Gasteiger partial charge on any atom is 0.247 e. The molecule has 108 valence electrons. The zero-order valence-corrected chi connectivity index (χ0v) is 13.3. The molecule has 0 aliphatic carbocycles. The average Bonchev–Trinajstić information content (AvgIpc) is 2.96. The first-order chi connectivity index (χ1) is 8.98. The standard InChI is InChI=1S/C12H19BrN2O3S/c1-2-3-9-4-5-15(8-9)19(16,17)11-6-10(7-14)18-12(11)13/h6,9H,2-5,7-8,14H2,1H3. The van der Waals surface area contributed by atoms with Crippen molar-refractivity contribution in [3.8, 4) is 0 Å². The molecule has 1 aromatic rings. The smallest absolute Gasteiger partial charge is 0.247 e. The summed E-state index contributed by atoms with van der Waals surface area (Å²) in [5.41, 5.74) is 5.47. The van der Waals surface area contributed by atoms with Gasteiger partial charge in [-0.2, -0.15) is 4.31 Å². The molecule has 1 aromatic heterocycles. The summed E-state index contributed by atoms with van der Waals surface area (Å²) in [6.07, 6.45) is 3.10. The van der Waals surface area contributed by atoms with Crippen LogP contribution in [0.2, 0.25) is 0 Å². The van der Waals surface area contributed by atoms with Gasteiger partial charge < -0.3 is 10.2 Å². The van der Waals surface area contributed by atoms with Crippen LogP contribution in [-0.2, 0) is 16.6 Å². The summed E-state index contributed by atoms with van der Waals surface area (Å²) in [5.74, 6) is 0.939. The maximum absolute atomic E-state index is 12.5. The number of furan rings is 1. The first kappa shape index (κ1) is 15.0. The fourth-order valence-electron chi connectivity index (χ4n) is 2.47. The van der Waals surface area contributed by atoms with Crippen molar-refractivity contribution in [1.82, 2.24) is 4.31 Å². The van der Waals surface area contributed by atoms with Crippen LogP contribution in [-0.4, -0.2) is 25.8 Å². The van der Waals surface area contributed by atoms with E-state index >= 15 is 0 Å². The van der Waals surface area contributed by atoms with Crippen LogP contribution in [0.15, 0.2) is 20.0 Å². The second kappa shape index (κ2) is 5.95. The summed E-state index contributed by atoms with van der Waals surface area (Å²) < 4.78 is 32.1. The van der Waals surface area contributed by atoms with Crippen LogP contribution >= 0.6 is 15.9 Å². The molecular formula is C12H19BrN2O3S. The van der Waals surface area contributed by atoms with Gasteiger partial charge in [-0.05, 0) is 34.7 Å². The summed E-state index contributed by atoms with van der Waals surface area (Å²) in [7, 11) is -3.47. The fourth-order valence-corrected chi connectivity index (χ4v) is 4.96. The third kappa shape index (κ3) is 3.04. The van der Waals surface area contributed by atoms with Crippen LogP contribution in [0.4, 0.5) is 0 Å². The summed E-state index contributed by atoms with van der Waals surface area (Å²) in [5, 5.41) is 0. The second-order valence-electron chi connectivity index (χ2n) is 4.86. The lowest BCUT2D eigenvalue weighted by atomic mass is 10.0. The lowest BCUT2D eigenvalue weighted by molar-refractivity contribution is 0.441. The van der Waals surface area contributed by atoms with Crippen LogP contribution in [0.5, 0.6) is 0 Å². The van der Waals surface area contributed by atoms with Gasteiger partial charge in [-0.25, -0.2) is 8.42 Å². The van der Waals surface area contributed by atoms with Gasteiger partial charge in [0.05, 0.1) is 6.54 Å². The van der Waals surface area contributed by atoms with E-state index in [-0.39, 0.29) is 16.1 Å². The van der Waals surface area contributed by atoms with Crippen molar-refractivity contribution >= 4 is 26.0 Å². The molecule has 1 aliphatic heterocycles. The number of halogens is 1. The lowest BCUT2D eigenvalue weighted by Crippen LogP contribution is -2.28. The van der Waals surface area contributed by atoms with E-state index in [1.165, 1.54) is 6.07 Å². The van der Waals surface area contributed by atoms with Gasteiger partial charge in [-0.3, -0.25) is 0 Å². The zero-order chi connectivity index (χ0) is 14.0. The molecule has 5 nitrogen and oxygen atoms in total. The molecule has 7 heteroatoms. The van der Waals surface area contributed by atoms with Crippen molar-refractivity contribution in [2.24, 2.45) is 11.7 Å². The Morgan fingerprint density at radius 3 is 2.89 bits per heavy atom. The highest BCUT2D eigenvalue weighted by molar-refractivity contribution is 9.10. The lowest BCUT2D eigenvalue weighted by Gasteiger charge is -2.15. The largest absolute Gasteiger partial charge is 0.452 e. The third-order valence-electron chi connectivity index (χ3n) is 3.47. The summed E-state index contributed by atoms with van der Waals surface area (Å²) in [6, 6.07) is 1.51. The summed E-state index contributed by atoms with van der Waals surface area (Å²) in [6.45, 7) is 3.50. The predicted molar refractivity (Wildman–Crippen MR) is 76.1 cm³/mol. The van der Waals surface area contributed by atoms with Gasteiger partial charge in [0.1, 0.15) is 10.7 Å². The average molecular weight is 351 g/mol. The Hall–Kier alpha value is -0.370. The van der Waals surface area contributed by atoms with Crippen molar-refractivity contribution in [2.75, 3.05) is 13.1 Å². The Kier molecular flexibility index (Phi) is 4.70. The molecule has 0 saturated carbocycles. The number of hydrogen-bond acceptors (Lipinski definition) is 4. The SMILES string of the molecule is CCCC1CCN(S(=O)(=O)c2cc(CN)oc2Br)C1. The topological polar surface area (TPSA) is 76.5 Å². The molecule has 2 rings (SSSR count). The van der Waals surface area contributed by atoms with Crippen LogP contribution in [0.3, 0.4) is 0 Å². The second-order valence-corrected chi connectivity index (χ2v) is 7.49. The Labute approximate surface area is 122 Å². The van der Waals surface area contributed by atoms with E-state index in [0.29, 0.717) is 24.8 Å². The Bertz CT molecular complexity index is 541. The summed E-state index contributed by atoms with van der Waals surface area (Å²) >= 11 is 3.16. The van der Waals surface area contributed by atoms with E-state index in [2.05, 4.69) is 22.9 Å². The Morgan fingerprint density at radius 1 is 1.58 bits per heavy atom. The number of hydrogen-bond donors (Lipinski definition) is 1. The Balaban J connectivity index is 2.21. The minimum atomic E-state index is -3.47. The van der Waals surface area contributed by atoms with Gasteiger partial charge in [0, 0.05) is 19.2 Å². The van der Waals surface area contributed by atoms with Gasteiger partial charge >= 0.3 is 0 Å². The quantitative estimate of drug-likeness (QED) is 0.883. The maximum atomic E-state index is 12.5. The first-order valence-electron chi connectivity index (χ1n) is 6.47. The highest BCUT2D eigenvalue weighted by atomic mass is 79.9. The van der Waals surface area contributed by atoms with Crippen molar-refractivity contribution in [1.29, 1.82) is 0 Å². The molecule has 0 spiro atoms. The molecule has 0 aromatic carbocycles. The molecule has 1 saturated heterocycles. The van der Waals surface area contributed by atoms with E-state index in [1.807, 2.05) is 0 Å². The Morgan fingerprint density at radius 2 is 2.32 bits per heavy atom. The van der Waals surface area contributed by atoms with Crippen molar-refractivity contribution in [3.63, 3.8) is 0 Å². The number of nitrogens with two attached hydrogens (primary N) is 1. The minimum absolute atomic E-state index is 0.185. The van der Waals surface area contributed by atoms with Gasteiger partial charge in [0.15, 0.2) is 4.67 Å². The van der Waals surface area contributed by atoms with E-state index in [1.54, 1.807) is 4.31 Å². The normalized spacial score (nSPS) is 21.1. The molecule has 2 N–H and O–H groups in total. The molecule has 19 heavy (non-hydrogen) atoms. The highest BCUT2D eigenvalue weighted by Gasteiger charge is 2.34. The fraction of sp³-hybridized carbons (Fsp3) is 0.667. The number of sulfonamides is 1. The van der Waals surface area contributed by atoms with Gasteiger partial charge in [-0.1, -0.05) is 13.3 Å². The van der Waals surface area contributed by atoms with Crippen LogP contribution in [0.25, 0.3) is 0 Å². The molecule has 0 bridgehead atoms. The van der Waals surface area contributed by atoms with E-state index in [0.717, 1.165) is 19.3 Å². The van der Waals surface area contributed by atoms with E-state index in [9.17, 15) is 8.42 Å². The molecule has 1 fully saturated rings. The van der Waals surface area contributed by atoms with Crippen molar-refractivity contribution < 1.29 is 12.8 Å². The molecule has 1 atom stereocenters. The van der Waals surface area contributed by atoms with E-state index < -0.39 is 10.0 Å². The van der Waals surface area contributed by atoms with Gasteiger partial charge in [0.2, 0.25) is 10.0 Å². The predicted octanol–water partition coefficient (Wildman–Crippen LogP) is 2.31. The summed E-state index contributed by atoms with van der Waals surface area (Å²) in [4.78, 5) is 0.185. The molecule has 2 heterocycles. The molecule has 0 amide bonds. The highest BCUT2D eigenvalue weighted by Crippen LogP contribution is 2.32. The third-order valence-corrected chi connectivity index (χ3v) is 6.19. The van der Waals surface area contributed by atoms with Crippen LogP contribution in [0.1, 0.15) is 31.9 Å². The number of nitrogens with zero attached hydrogens (tertiary/aromatic N) is 1. The van der Waals surface area contributed by atoms with E-state index in [4.69, 9.17) is 10.2 Å². The monoisotopic (exact) mass is 350 g/mol. The zero-order valence-electron chi connectivity index (χ0n) is 10.9. The van der Waals surface area contributed by atoms with Crippen LogP contribution < -0.4 is 5.73 Å².